The molecule has 170 valence electrons. The van der Waals surface area contributed by atoms with Crippen LogP contribution < -0.4 is 0 Å². The van der Waals surface area contributed by atoms with Crippen molar-refractivity contribution in [1.29, 1.82) is 0 Å². The molecule has 0 aromatic heterocycles. The average Bonchev–Trinajstić information content (AvgIpc) is 2.79. The fourth-order valence-corrected chi connectivity index (χ4v) is 4.34. The van der Waals surface area contributed by atoms with E-state index in [4.69, 9.17) is 5.11 Å². The maximum absolute atomic E-state index is 10.8. The van der Waals surface area contributed by atoms with Gasteiger partial charge in [-0.25, -0.2) is 0 Å². The van der Waals surface area contributed by atoms with E-state index in [-0.39, 0.29) is 6.42 Å². The highest BCUT2D eigenvalue weighted by Crippen LogP contribution is 2.17. The lowest BCUT2D eigenvalue weighted by atomic mass is 9.97. The molecule has 0 aliphatic rings. The molecule has 1 N–H and O–H groups in total. The minimum Gasteiger partial charge on any atom is -0.481 e. The van der Waals surface area contributed by atoms with Gasteiger partial charge in [0.1, 0.15) is 0 Å². The summed E-state index contributed by atoms with van der Waals surface area (Å²) in [4.78, 5) is 10.8. The molecular weight excluding hydrogens is 380 g/mol. The Labute approximate surface area is 190 Å². The quantitative estimate of drug-likeness (QED) is 0.246. The second kappa shape index (κ2) is 16.6. The highest BCUT2D eigenvalue weighted by Gasteiger charge is 2.04. The smallest absolute Gasteiger partial charge is 0.303 e. The number of rotatable bonds is 18. The third-order valence-electron chi connectivity index (χ3n) is 6.23. The first-order chi connectivity index (χ1) is 15.3. The first-order valence-corrected chi connectivity index (χ1v) is 12.6. The Bertz CT molecular complexity index is 708. The molecule has 2 aromatic carbocycles. The van der Waals surface area contributed by atoms with Gasteiger partial charge < -0.3 is 5.11 Å². The van der Waals surface area contributed by atoms with E-state index in [9.17, 15) is 4.79 Å². The van der Waals surface area contributed by atoms with Gasteiger partial charge in [-0.15, -0.1) is 0 Å². The molecule has 0 aliphatic carbocycles. The molecule has 2 rings (SSSR count). The third kappa shape index (κ3) is 12.4. The monoisotopic (exact) mass is 422 g/mol. The number of aryl methyl sites for hydroxylation is 3. The molecule has 0 heterocycles. The van der Waals surface area contributed by atoms with E-state index in [0.717, 1.165) is 6.42 Å². The fraction of sp³-hybridized carbons (Fsp3) is 0.552. The summed E-state index contributed by atoms with van der Waals surface area (Å²) in [5.41, 5.74) is 4.03. The van der Waals surface area contributed by atoms with Crippen LogP contribution in [-0.4, -0.2) is 11.1 Å². The van der Waals surface area contributed by atoms with E-state index >= 15 is 0 Å². The third-order valence-corrected chi connectivity index (χ3v) is 6.23. The van der Waals surface area contributed by atoms with Crippen molar-refractivity contribution in [2.24, 2.45) is 0 Å². The molecule has 2 heteroatoms. The predicted molar refractivity (Wildman–Crippen MR) is 132 cm³/mol. The van der Waals surface area contributed by atoms with Gasteiger partial charge in [-0.05, 0) is 48.8 Å². The van der Waals surface area contributed by atoms with Crippen LogP contribution in [0.4, 0.5) is 0 Å². The van der Waals surface area contributed by atoms with Gasteiger partial charge in [-0.1, -0.05) is 119 Å². The number of benzene rings is 2. The first kappa shape index (κ1) is 25.2. The van der Waals surface area contributed by atoms with Crippen LogP contribution in [0.3, 0.4) is 0 Å². The Morgan fingerprint density at radius 1 is 0.516 bits per heavy atom. The molecule has 0 fully saturated rings. The van der Waals surface area contributed by atoms with E-state index < -0.39 is 5.97 Å². The number of aliphatic carboxylic acids is 1. The molecule has 0 amide bonds. The van der Waals surface area contributed by atoms with Crippen molar-refractivity contribution < 1.29 is 9.90 Å². The topological polar surface area (TPSA) is 37.3 Å². The van der Waals surface area contributed by atoms with E-state index in [1.165, 1.54) is 100 Å². The summed E-state index contributed by atoms with van der Waals surface area (Å²) in [7, 11) is 0. The minimum absolute atomic E-state index is 0.227. The van der Waals surface area contributed by atoms with E-state index in [1.54, 1.807) is 0 Å². The Hall–Kier alpha value is -2.09. The fourth-order valence-electron chi connectivity index (χ4n) is 4.34. The number of hydrogen-bond acceptors (Lipinski definition) is 1. The van der Waals surface area contributed by atoms with Crippen LogP contribution in [-0.2, 0) is 24.1 Å². The zero-order valence-corrected chi connectivity index (χ0v) is 19.4. The lowest BCUT2D eigenvalue weighted by Crippen LogP contribution is -2.00. The van der Waals surface area contributed by atoms with Crippen LogP contribution in [0.15, 0.2) is 54.6 Å². The number of carboxylic acid groups (broad SMARTS) is 1. The zero-order valence-electron chi connectivity index (χ0n) is 19.4. The Morgan fingerprint density at radius 3 is 1.45 bits per heavy atom. The summed E-state index contributed by atoms with van der Waals surface area (Å²) in [5, 5.41) is 8.90. The zero-order chi connectivity index (χ0) is 22.0. The SMILES string of the molecule is O=C(O)CCc1ccccc1CCCCCCCCCCCCCCc1ccccc1. The maximum atomic E-state index is 10.8. The van der Waals surface area contributed by atoms with E-state index in [2.05, 4.69) is 48.5 Å². The van der Waals surface area contributed by atoms with Crippen molar-refractivity contribution in [1.82, 2.24) is 0 Å². The summed E-state index contributed by atoms with van der Waals surface area (Å²) in [6.45, 7) is 0. The van der Waals surface area contributed by atoms with E-state index in [0.29, 0.717) is 6.42 Å². The van der Waals surface area contributed by atoms with Crippen LogP contribution in [0.5, 0.6) is 0 Å². The summed E-state index contributed by atoms with van der Waals surface area (Å²) in [6.07, 6.45) is 19.4. The molecule has 0 spiro atoms. The molecule has 0 radical (unpaired) electrons. The Morgan fingerprint density at radius 2 is 0.935 bits per heavy atom. The summed E-state index contributed by atoms with van der Waals surface area (Å²) < 4.78 is 0. The van der Waals surface area contributed by atoms with Crippen molar-refractivity contribution in [3.05, 3.63) is 71.3 Å². The van der Waals surface area contributed by atoms with Crippen molar-refractivity contribution in [2.45, 2.75) is 103 Å². The second-order valence-electron chi connectivity index (χ2n) is 8.89. The van der Waals surface area contributed by atoms with Crippen molar-refractivity contribution in [3.8, 4) is 0 Å². The summed E-state index contributed by atoms with van der Waals surface area (Å²) >= 11 is 0. The Kier molecular flexibility index (Phi) is 13.5. The lowest BCUT2D eigenvalue weighted by Gasteiger charge is -2.08. The molecule has 2 aromatic rings. The van der Waals surface area contributed by atoms with Crippen LogP contribution in [0.25, 0.3) is 0 Å². The van der Waals surface area contributed by atoms with Crippen LogP contribution in [0.1, 0.15) is 100 Å². The van der Waals surface area contributed by atoms with Gasteiger partial charge in [0.15, 0.2) is 0 Å². The van der Waals surface area contributed by atoms with Crippen molar-refractivity contribution in [2.75, 3.05) is 0 Å². The van der Waals surface area contributed by atoms with Gasteiger partial charge in [0.2, 0.25) is 0 Å². The minimum atomic E-state index is -0.710. The van der Waals surface area contributed by atoms with E-state index in [1.807, 2.05) is 6.07 Å². The molecule has 0 atom stereocenters. The molecule has 0 aliphatic heterocycles. The van der Waals surface area contributed by atoms with Gasteiger partial charge in [0.05, 0.1) is 0 Å². The Balaban J connectivity index is 1.37. The number of carbonyl (C=O) groups is 1. The number of hydrogen-bond donors (Lipinski definition) is 1. The van der Waals surface area contributed by atoms with Gasteiger partial charge in [0, 0.05) is 6.42 Å². The molecule has 0 unspecified atom stereocenters. The second-order valence-corrected chi connectivity index (χ2v) is 8.89. The van der Waals surface area contributed by atoms with Crippen molar-refractivity contribution >= 4 is 5.97 Å². The molecule has 0 bridgehead atoms. The lowest BCUT2D eigenvalue weighted by molar-refractivity contribution is -0.136. The highest BCUT2D eigenvalue weighted by molar-refractivity contribution is 5.67. The largest absolute Gasteiger partial charge is 0.481 e. The van der Waals surface area contributed by atoms with Crippen LogP contribution in [0.2, 0.25) is 0 Å². The maximum Gasteiger partial charge on any atom is 0.303 e. The van der Waals surface area contributed by atoms with Crippen LogP contribution in [0, 0.1) is 0 Å². The van der Waals surface area contributed by atoms with Gasteiger partial charge in [-0.3, -0.25) is 4.79 Å². The highest BCUT2D eigenvalue weighted by atomic mass is 16.4. The standard InChI is InChI=1S/C29H42O2/c30-29(31)25-24-28-23-17-16-22-27(28)21-15-10-8-6-4-2-1-3-5-7-9-12-18-26-19-13-11-14-20-26/h11,13-14,16-17,19-20,22-23H,1-10,12,15,18,21,24-25H2,(H,30,31). The van der Waals surface area contributed by atoms with Crippen molar-refractivity contribution in [3.63, 3.8) is 0 Å². The molecule has 0 saturated heterocycles. The first-order valence-electron chi connectivity index (χ1n) is 12.6. The molecule has 31 heavy (non-hydrogen) atoms. The van der Waals surface area contributed by atoms with Crippen LogP contribution >= 0.6 is 0 Å². The van der Waals surface area contributed by atoms with Gasteiger partial charge in [-0.2, -0.15) is 0 Å². The van der Waals surface area contributed by atoms with Gasteiger partial charge >= 0.3 is 5.97 Å². The number of carboxylic acids is 1. The molecule has 2 nitrogen and oxygen atoms in total. The predicted octanol–water partition coefficient (Wildman–Crippen LogP) is 8.17. The average molecular weight is 423 g/mol. The molecule has 0 saturated carbocycles. The normalized spacial score (nSPS) is 11.0. The van der Waals surface area contributed by atoms with Gasteiger partial charge in [0.25, 0.3) is 0 Å². The summed E-state index contributed by atoms with van der Waals surface area (Å²) in [6, 6.07) is 19.2. The number of unbranched alkanes of at least 4 members (excludes halogenated alkanes) is 11. The molecular formula is C29H42O2. The summed E-state index contributed by atoms with van der Waals surface area (Å²) in [5.74, 6) is -0.710.